The second-order valence-electron chi connectivity index (χ2n) is 6.54. The predicted octanol–water partition coefficient (Wildman–Crippen LogP) is 2.98. The van der Waals surface area contributed by atoms with Gasteiger partial charge in [0.15, 0.2) is 0 Å². The monoisotopic (exact) mass is 257 g/mol. The third-order valence-electron chi connectivity index (χ3n) is 4.31. The molecule has 2 nitrogen and oxygen atoms in total. The summed E-state index contributed by atoms with van der Waals surface area (Å²) in [5.74, 6) is 1.05. The molecule has 2 rings (SSSR count). The maximum absolute atomic E-state index is 5.79. The van der Waals surface area contributed by atoms with Gasteiger partial charge in [0.05, 0.1) is 12.2 Å². The highest BCUT2D eigenvalue weighted by atomic mass is 32.1. The molecule has 2 fully saturated rings. The van der Waals surface area contributed by atoms with Crippen molar-refractivity contribution in [1.29, 1.82) is 0 Å². The van der Waals surface area contributed by atoms with E-state index in [1.165, 1.54) is 38.6 Å². The molecule has 17 heavy (non-hydrogen) atoms. The molecule has 0 N–H and O–H groups in total. The van der Waals surface area contributed by atoms with E-state index in [4.69, 9.17) is 4.74 Å². The fourth-order valence-electron chi connectivity index (χ4n) is 3.39. The molecule has 0 bridgehead atoms. The lowest BCUT2D eigenvalue weighted by Gasteiger charge is -2.45. The second kappa shape index (κ2) is 5.50. The molecular formula is C14H27NOS. The molecule has 0 spiro atoms. The van der Waals surface area contributed by atoms with Gasteiger partial charge in [0.25, 0.3) is 0 Å². The van der Waals surface area contributed by atoms with E-state index >= 15 is 0 Å². The highest BCUT2D eigenvalue weighted by Gasteiger charge is 2.35. The molecule has 0 aromatic carbocycles. The molecule has 100 valence electrons. The Kier molecular flexibility index (Phi) is 4.43. The Labute approximate surface area is 112 Å². The first-order valence-corrected chi connectivity index (χ1v) is 7.66. The predicted molar refractivity (Wildman–Crippen MR) is 75.8 cm³/mol. The Hall–Kier alpha value is 0.270. The first-order chi connectivity index (χ1) is 8.05. The third-order valence-corrected chi connectivity index (χ3v) is 4.98. The van der Waals surface area contributed by atoms with Crippen molar-refractivity contribution in [3.63, 3.8) is 0 Å². The Morgan fingerprint density at radius 2 is 1.88 bits per heavy atom. The minimum atomic E-state index is 0.0324. The van der Waals surface area contributed by atoms with Gasteiger partial charge in [-0.25, -0.2) is 0 Å². The van der Waals surface area contributed by atoms with Crippen LogP contribution in [0.1, 0.15) is 46.0 Å². The van der Waals surface area contributed by atoms with Gasteiger partial charge in [-0.15, -0.1) is 0 Å². The van der Waals surface area contributed by atoms with Crippen LogP contribution in [0.3, 0.4) is 0 Å². The summed E-state index contributed by atoms with van der Waals surface area (Å²) in [4.78, 5) is 2.60. The lowest BCUT2D eigenvalue weighted by atomic mass is 9.75. The molecule has 1 aliphatic carbocycles. The van der Waals surface area contributed by atoms with Crippen molar-refractivity contribution < 1.29 is 4.74 Å². The summed E-state index contributed by atoms with van der Waals surface area (Å²) >= 11 is 4.63. The highest BCUT2D eigenvalue weighted by molar-refractivity contribution is 7.80. The Morgan fingerprint density at radius 1 is 1.18 bits per heavy atom. The average molecular weight is 257 g/mol. The van der Waals surface area contributed by atoms with Gasteiger partial charge in [0.1, 0.15) is 0 Å². The zero-order chi connectivity index (χ0) is 12.4. The third kappa shape index (κ3) is 3.62. The van der Waals surface area contributed by atoms with Crippen LogP contribution in [-0.2, 0) is 4.74 Å². The summed E-state index contributed by atoms with van der Waals surface area (Å²) in [6, 6.07) is 0. The summed E-state index contributed by atoms with van der Waals surface area (Å²) in [5.41, 5.74) is 0.513. The van der Waals surface area contributed by atoms with Crippen LogP contribution in [0.15, 0.2) is 0 Å². The highest BCUT2D eigenvalue weighted by Crippen LogP contribution is 2.38. The van der Waals surface area contributed by atoms with Crippen LogP contribution in [0, 0.1) is 5.41 Å². The van der Waals surface area contributed by atoms with Crippen molar-refractivity contribution in [2.75, 3.05) is 32.0 Å². The van der Waals surface area contributed by atoms with Crippen molar-refractivity contribution in [3.8, 4) is 0 Å². The molecule has 2 aliphatic rings. The first-order valence-electron chi connectivity index (χ1n) is 7.03. The summed E-state index contributed by atoms with van der Waals surface area (Å²) in [5, 5.41) is 0. The maximum atomic E-state index is 5.79. The number of hydrogen-bond acceptors (Lipinski definition) is 3. The van der Waals surface area contributed by atoms with E-state index in [0.717, 1.165) is 25.4 Å². The van der Waals surface area contributed by atoms with Crippen molar-refractivity contribution >= 4 is 12.6 Å². The van der Waals surface area contributed by atoms with Crippen LogP contribution in [0.4, 0.5) is 0 Å². The van der Waals surface area contributed by atoms with Gasteiger partial charge >= 0.3 is 0 Å². The standard InChI is InChI=1S/C14H27NOS/c1-13(2)10-15(8-9-16-13)11-14(12-17)6-4-3-5-7-14/h17H,3-12H2,1-2H3. The summed E-state index contributed by atoms with van der Waals surface area (Å²) in [7, 11) is 0. The minimum absolute atomic E-state index is 0.0324. The number of ether oxygens (including phenoxy) is 1. The molecule has 0 aromatic heterocycles. The van der Waals surface area contributed by atoms with Gasteiger partial charge < -0.3 is 4.74 Å². The topological polar surface area (TPSA) is 12.5 Å². The molecule has 0 atom stereocenters. The Balaban J connectivity index is 1.93. The molecule has 1 aliphatic heterocycles. The molecule has 3 heteroatoms. The first kappa shape index (κ1) is 13.7. The summed E-state index contributed by atoms with van der Waals surface area (Å²) in [6.07, 6.45) is 6.95. The SMILES string of the molecule is CC1(C)CN(CC2(CS)CCCCC2)CCO1. The van der Waals surface area contributed by atoms with Crippen LogP contribution in [0.2, 0.25) is 0 Å². The lowest BCUT2D eigenvalue weighted by molar-refractivity contribution is -0.0949. The van der Waals surface area contributed by atoms with Gasteiger partial charge in [0, 0.05) is 19.6 Å². The second-order valence-corrected chi connectivity index (χ2v) is 6.85. The number of nitrogens with zero attached hydrogens (tertiary/aromatic N) is 1. The van der Waals surface area contributed by atoms with Gasteiger partial charge in [0.2, 0.25) is 0 Å². The average Bonchev–Trinajstić information content (AvgIpc) is 2.29. The quantitative estimate of drug-likeness (QED) is 0.780. The van der Waals surface area contributed by atoms with Gasteiger partial charge in [-0.1, -0.05) is 19.3 Å². The van der Waals surface area contributed by atoms with Crippen LogP contribution in [0.5, 0.6) is 0 Å². The van der Waals surface area contributed by atoms with E-state index in [-0.39, 0.29) is 5.60 Å². The zero-order valence-electron chi connectivity index (χ0n) is 11.4. The van der Waals surface area contributed by atoms with E-state index < -0.39 is 0 Å². The van der Waals surface area contributed by atoms with E-state index in [9.17, 15) is 0 Å². The Morgan fingerprint density at radius 3 is 2.47 bits per heavy atom. The van der Waals surface area contributed by atoms with Crippen molar-refractivity contribution in [2.45, 2.75) is 51.6 Å². The minimum Gasteiger partial charge on any atom is -0.373 e. The number of rotatable bonds is 3. The fraction of sp³-hybridized carbons (Fsp3) is 1.00. The maximum Gasteiger partial charge on any atom is 0.0753 e. The van der Waals surface area contributed by atoms with Crippen LogP contribution < -0.4 is 0 Å². The van der Waals surface area contributed by atoms with E-state index in [0.29, 0.717) is 5.41 Å². The number of morpholine rings is 1. The molecule has 1 saturated heterocycles. The summed E-state index contributed by atoms with van der Waals surface area (Å²) < 4.78 is 5.79. The van der Waals surface area contributed by atoms with Crippen LogP contribution in [-0.4, -0.2) is 42.5 Å². The van der Waals surface area contributed by atoms with Crippen molar-refractivity contribution in [3.05, 3.63) is 0 Å². The van der Waals surface area contributed by atoms with E-state index in [2.05, 4.69) is 31.4 Å². The molecule has 1 saturated carbocycles. The summed E-state index contributed by atoms with van der Waals surface area (Å²) in [6.45, 7) is 8.68. The van der Waals surface area contributed by atoms with Gasteiger partial charge in [-0.2, -0.15) is 12.6 Å². The molecular weight excluding hydrogens is 230 g/mol. The van der Waals surface area contributed by atoms with Crippen molar-refractivity contribution in [1.82, 2.24) is 4.90 Å². The van der Waals surface area contributed by atoms with E-state index in [1.54, 1.807) is 0 Å². The smallest absolute Gasteiger partial charge is 0.0753 e. The van der Waals surface area contributed by atoms with E-state index in [1.807, 2.05) is 0 Å². The van der Waals surface area contributed by atoms with Gasteiger partial charge in [-0.3, -0.25) is 4.90 Å². The molecule has 0 radical (unpaired) electrons. The molecule has 0 amide bonds. The van der Waals surface area contributed by atoms with Crippen LogP contribution in [0.25, 0.3) is 0 Å². The number of thiol groups is 1. The normalized spacial score (nSPS) is 29.1. The van der Waals surface area contributed by atoms with Crippen LogP contribution >= 0.6 is 12.6 Å². The zero-order valence-corrected chi connectivity index (χ0v) is 12.3. The lowest BCUT2D eigenvalue weighted by Crippen LogP contribution is -2.52. The molecule has 1 heterocycles. The fourth-order valence-corrected chi connectivity index (χ4v) is 3.81. The Bertz CT molecular complexity index is 249. The number of hydrogen-bond donors (Lipinski definition) is 1. The van der Waals surface area contributed by atoms with Gasteiger partial charge in [-0.05, 0) is 37.9 Å². The van der Waals surface area contributed by atoms with Crippen molar-refractivity contribution in [2.24, 2.45) is 5.41 Å². The molecule has 0 aromatic rings. The molecule has 0 unspecified atom stereocenters. The largest absolute Gasteiger partial charge is 0.373 e.